The fraction of sp³-hybridized carbons (Fsp3) is 0.667. The first-order valence-electron chi connectivity index (χ1n) is 4.65. The van der Waals surface area contributed by atoms with Crippen molar-refractivity contribution in [2.45, 2.75) is 0 Å². The second-order valence-corrected chi connectivity index (χ2v) is 6.97. The third kappa shape index (κ3) is 4.49. The lowest BCUT2D eigenvalue weighted by molar-refractivity contribution is -0.124. The first kappa shape index (κ1) is 15.3. The lowest BCUT2D eigenvalue weighted by Crippen LogP contribution is -2.34. The van der Waals surface area contributed by atoms with E-state index < -0.39 is 33.7 Å². The standard InChI is InChI=1S/C6H13N3O7P2/c1-8-2-5(10)9(4-18(14,15)16)6(8)7-3-17(11,12)13/h2-4H2,1H3,(H2,11,12,13)(H2,14,15,16)/b7-6+. The Hall–Kier alpha value is -0.760. The van der Waals surface area contributed by atoms with E-state index in [0.717, 1.165) is 4.90 Å². The molecule has 1 aliphatic heterocycles. The molecule has 1 saturated heterocycles. The molecule has 0 spiro atoms. The highest BCUT2D eigenvalue weighted by molar-refractivity contribution is 7.52. The summed E-state index contributed by atoms with van der Waals surface area (Å²) >= 11 is 0. The van der Waals surface area contributed by atoms with Gasteiger partial charge in [-0.15, -0.1) is 0 Å². The highest BCUT2D eigenvalue weighted by atomic mass is 31.2. The highest BCUT2D eigenvalue weighted by Gasteiger charge is 2.36. The first-order chi connectivity index (χ1) is 7.99. The van der Waals surface area contributed by atoms with Gasteiger partial charge < -0.3 is 24.5 Å². The van der Waals surface area contributed by atoms with E-state index in [1.807, 2.05) is 0 Å². The summed E-state index contributed by atoms with van der Waals surface area (Å²) < 4.78 is 21.5. The molecule has 1 aliphatic rings. The molecule has 0 bridgehead atoms. The van der Waals surface area contributed by atoms with E-state index in [4.69, 9.17) is 19.6 Å². The van der Waals surface area contributed by atoms with Gasteiger partial charge in [0.05, 0.1) is 6.54 Å². The third-order valence-corrected chi connectivity index (χ3v) is 3.14. The maximum atomic E-state index is 11.5. The Kier molecular flexibility index (Phi) is 4.32. The first-order valence-corrected chi connectivity index (χ1v) is 8.24. The average molecular weight is 301 g/mol. The van der Waals surface area contributed by atoms with Crippen LogP contribution < -0.4 is 0 Å². The van der Waals surface area contributed by atoms with Crippen LogP contribution in [0.2, 0.25) is 0 Å². The minimum absolute atomic E-state index is 0.153. The maximum absolute atomic E-state index is 11.5. The molecule has 1 heterocycles. The van der Waals surface area contributed by atoms with Gasteiger partial charge in [-0.05, 0) is 0 Å². The average Bonchev–Trinajstić information content (AvgIpc) is 2.35. The number of likely N-dealkylation sites (N-methyl/N-ethyl adjacent to an activating group) is 1. The molecular formula is C6H13N3O7P2. The van der Waals surface area contributed by atoms with E-state index in [0.29, 0.717) is 0 Å². The summed E-state index contributed by atoms with van der Waals surface area (Å²) in [5, 5.41) is 0. The van der Waals surface area contributed by atoms with Crippen molar-refractivity contribution in [1.29, 1.82) is 0 Å². The Bertz CT molecular complexity index is 466. The summed E-state index contributed by atoms with van der Waals surface area (Å²) in [5.74, 6) is -0.753. The van der Waals surface area contributed by atoms with Gasteiger partial charge in [0.2, 0.25) is 11.9 Å². The van der Waals surface area contributed by atoms with Gasteiger partial charge in [0.25, 0.3) is 0 Å². The Balaban J connectivity index is 2.95. The van der Waals surface area contributed by atoms with Crippen molar-refractivity contribution in [3.63, 3.8) is 0 Å². The third-order valence-electron chi connectivity index (χ3n) is 1.98. The molecule has 0 saturated carbocycles. The van der Waals surface area contributed by atoms with Gasteiger partial charge in [-0.25, -0.2) is 4.99 Å². The molecule has 0 aliphatic carbocycles. The number of carbonyl (C=O) groups is 1. The van der Waals surface area contributed by atoms with Crippen LogP contribution >= 0.6 is 15.2 Å². The zero-order valence-corrected chi connectivity index (χ0v) is 11.2. The highest BCUT2D eigenvalue weighted by Crippen LogP contribution is 2.37. The van der Waals surface area contributed by atoms with Crippen LogP contribution in [0.5, 0.6) is 0 Å². The van der Waals surface area contributed by atoms with Crippen LogP contribution in [0.3, 0.4) is 0 Å². The fourth-order valence-electron chi connectivity index (χ4n) is 1.36. The van der Waals surface area contributed by atoms with Crippen molar-refractivity contribution in [3.8, 4) is 0 Å². The van der Waals surface area contributed by atoms with Crippen LogP contribution in [-0.4, -0.2) is 67.4 Å². The van der Waals surface area contributed by atoms with E-state index >= 15 is 0 Å². The number of hydrogen-bond acceptors (Lipinski definition) is 4. The van der Waals surface area contributed by atoms with Crippen molar-refractivity contribution < 1.29 is 33.5 Å². The number of hydrogen-bond donors (Lipinski definition) is 4. The number of guanidine groups is 1. The van der Waals surface area contributed by atoms with Crippen LogP contribution in [0.15, 0.2) is 4.99 Å². The number of carbonyl (C=O) groups excluding carboxylic acids is 1. The smallest absolute Gasteiger partial charge is 0.336 e. The molecule has 4 N–H and O–H groups in total. The summed E-state index contributed by atoms with van der Waals surface area (Å²) in [7, 11) is -7.44. The lowest BCUT2D eigenvalue weighted by Gasteiger charge is -2.19. The van der Waals surface area contributed by atoms with Gasteiger partial charge in [0, 0.05) is 7.05 Å². The van der Waals surface area contributed by atoms with Gasteiger partial charge >= 0.3 is 15.2 Å². The van der Waals surface area contributed by atoms with Crippen LogP contribution in [0.25, 0.3) is 0 Å². The minimum Gasteiger partial charge on any atom is -0.336 e. The van der Waals surface area contributed by atoms with Gasteiger partial charge in [-0.3, -0.25) is 18.8 Å². The van der Waals surface area contributed by atoms with Crippen molar-refractivity contribution >= 4 is 27.1 Å². The van der Waals surface area contributed by atoms with Gasteiger partial charge in [0.15, 0.2) is 0 Å². The number of nitrogens with zero attached hydrogens (tertiary/aromatic N) is 3. The molecule has 0 unspecified atom stereocenters. The number of amides is 1. The van der Waals surface area contributed by atoms with E-state index in [1.54, 1.807) is 0 Å². The van der Waals surface area contributed by atoms with Crippen molar-refractivity contribution in [1.82, 2.24) is 9.80 Å². The molecule has 0 atom stereocenters. The lowest BCUT2D eigenvalue weighted by atomic mass is 10.6. The zero-order valence-electron chi connectivity index (χ0n) is 9.37. The second-order valence-electron chi connectivity index (χ2n) is 3.75. The number of aliphatic imine (C=N–C) groups is 1. The molecule has 1 amide bonds. The molecule has 1 rings (SSSR count). The molecule has 0 radical (unpaired) electrons. The summed E-state index contributed by atoms with van der Waals surface area (Å²) in [6, 6.07) is 0. The molecule has 0 aromatic rings. The number of rotatable bonds is 4. The van der Waals surface area contributed by atoms with Gasteiger partial charge in [-0.2, -0.15) is 0 Å². The molecule has 104 valence electrons. The molecule has 0 aromatic carbocycles. The van der Waals surface area contributed by atoms with Gasteiger partial charge in [0.1, 0.15) is 12.6 Å². The van der Waals surface area contributed by atoms with E-state index in [-0.39, 0.29) is 12.5 Å². The van der Waals surface area contributed by atoms with Crippen LogP contribution in [-0.2, 0) is 13.9 Å². The van der Waals surface area contributed by atoms with Crippen molar-refractivity contribution in [3.05, 3.63) is 0 Å². The SMILES string of the molecule is CN1CC(=O)N(CP(=O)(O)O)/C1=N/CP(=O)(O)O. The summed E-state index contributed by atoms with van der Waals surface area (Å²) in [6.45, 7) is -0.153. The monoisotopic (exact) mass is 301 g/mol. The Labute approximate surface area is 102 Å². The van der Waals surface area contributed by atoms with Crippen LogP contribution in [0, 0.1) is 0 Å². The Morgan fingerprint density at radius 1 is 1.22 bits per heavy atom. The predicted octanol–water partition coefficient (Wildman–Crippen LogP) is -1.61. The fourth-order valence-corrected chi connectivity index (χ4v) is 2.33. The van der Waals surface area contributed by atoms with Crippen molar-refractivity contribution in [2.75, 3.05) is 26.2 Å². The van der Waals surface area contributed by atoms with E-state index in [9.17, 15) is 13.9 Å². The molecule has 12 heteroatoms. The quantitative estimate of drug-likeness (QED) is 0.452. The Morgan fingerprint density at radius 3 is 2.22 bits per heavy atom. The van der Waals surface area contributed by atoms with E-state index in [1.165, 1.54) is 11.9 Å². The summed E-state index contributed by atoms with van der Waals surface area (Å²) in [6.07, 6.45) is -1.71. The molecular weight excluding hydrogens is 288 g/mol. The molecule has 10 nitrogen and oxygen atoms in total. The summed E-state index contributed by atoms with van der Waals surface area (Å²) in [5.41, 5.74) is 0. The molecule has 1 fully saturated rings. The normalized spacial score (nSPS) is 20.1. The topological polar surface area (TPSA) is 151 Å². The zero-order chi connectivity index (χ0) is 14.1. The minimum atomic E-state index is -4.48. The van der Waals surface area contributed by atoms with E-state index in [2.05, 4.69) is 4.99 Å². The predicted molar refractivity (Wildman–Crippen MR) is 60.7 cm³/mol. The second kappa shape index (κ2) is 5.08. The largest absolute Gasteiger partial charge is 0.346 e. The molecule has 0 aromatic heterocycles. The maximum Gasteiger partial charge on any atom is 0.346 e. The Morgan fingerprint density at radius 2 is 1.78 bits per heavy atom. The molecule has 18 heavy (non-hydrogen) atoms. The van der Waals surface area contributed by atoms with Crippen LogP contribution in [0.4, 0.5) is 0 Å². The van der Waals surface area contributed by atoms with Crippen molar-refractivity contribution in [2.24, 2.45) is 4.99 Å². The van der Waals surface area contributed by atoms with Gasteiger partial charge in [-0.1, -0.05) is 0 Å². The van der Waals surface area contributed by atoms with Crippen LogP contribution in [0.1, 0.15) is 0 Å². The summed E-state index contributed by atoms with van der Waals surface area (Å²) in [4.78, 5) is 52.0.